The summed E-state index contributed by atoms with van der Waals surface area (Å²) in [6.07, 6.45) is 1.79. The van der Waals surface area contributed by atoms with Crippen LogP contribution in [0.5, 0.6) is 0 Å². The van der Waals surface area contributed by atoms with Crippen LogP contribution in [0.1, 0.15) is 22.8 Å². The Hall–Kier alpha value is -3.40. The molecular formula is C20H18N6. The summed E-state index contributed by atoms with van der Waals surface area (Å²) >= 11 is 0. The molecule has 128 valence electrons. The van der Waals surface area contributed by atoms with Crippen LogP contribution in [0.2, 0.25) is 0 Å². The Labute approximate surface area is 150 Å². The van der Waals surface area contributed by atoms with Gasteiger partial charge in [0.2, 0.25) is 0 Å². The summed E-state index contributed by atoms with van der Waals surface area (Å²) in [6.45, 7) is 0.794. The van der Waals surface area contributed by atoms with Gasteiger partial charge in [-0.05, 0) is 35.9 Å². The van der Waals surface area contributed by atoms with Crippen molar-refractivity contribution in [2.75, 3.05) is 0 Å². The number of rotatable bonds is 3. The van der Waals surface area contributed by atoms with Crippen LogP contribution in [-0.4, -0.2) is 19.9 Å². The van der Waals surface area contributed by atoms with Gasteiger partial charge in [-0.3, -0.25) is 0 Å². The molecule has 0 unspecified atom stereocenters. The third kappa shape index (κ3) is 3.22. The molecule has 4 rings (SSSR count). The van der Waals surface area contributed by atoms with E-state index in [2.05, 4.69) is 31.8 Å². The van der Waals surface area contributed by atoms with E-state index in [1.165, 1.54) is 0 Å². The highest BCUT2D eigenvalue weighted by Crippen LogP contribution is 2.18. The van der Waals surface area contributed by atoms with Gasteiger partial charge in [-0.2, -0.15) is 0 Å². The van der Waals surface area contributed by atoms with Gasteiger partial charge >= 0.3 is 0 Å². The van der Waals surface area contributed by atoms with E-state index in [0.29, 0.717) is 13.1 Å². The van der Waals surface area contributed by atoms with E-state index in [1.54, 1.807) is 6.20 Å². The Morgan fingerprint density at radius 1 is 0.846 bits per heavy atom. The largest absolute Gasteiger partial charge is 0.341 e. The first-order chi connectivity index (χ1) is 12.7. The van der Waals surface area contributed by atoms with Crippen LogP contribution in [0.25, 0.3) is 22.3 Å². The average molecular weight is 342 g/mol. The maximum atomic E-state index is 5.62. The Balaban J connectivity index is 1.56. The number of fused-ring (bicyclic) bond motifs is 1. The molecule has 2 heterocycles. The summed E-state index contributed by atoms with van der Waals surface area (Å²) in [7, 11) is 0. The van der Waals surface area contributed by atoms with Gasteiger partial charge in [-0.15, -0.1) is 0 Å². The van der Waals surface area contributed by atoms with Gasteiger partial charge < -0.3 is 21.4 Å². The van der Waals surface area contributed by atoms with Crippen molar-refractivity contribution in [2.24, 2.45) is 11.5 Å². The number of hydrogen-bond donors (Lipinski definition) is 4. The molecule has 0 bridgehead atoms. The zero-order valence-corrected chi connectivity index (χ0v) is 14.1. The molecule has 0 spiro atoms. The number of aromatic nitrogens is 4. The van der Waals surface area contributed by atoms with E-state index in [9.17, 15) is 0 Å². The maximum absolute atomic E-state index is 5.62. The van der Waals surface area contributed by atoms with Gasteiger partial charge in [0, 0.05) is 11.1 Å². The number of benzene rings is 2. The van der Waals surface area contributed by atoms with E-state index in [1.807, 2.05) is 42.5 Å². The van der Waals surface area contributed by atoms with E-state index in [4.69, 9.17) is 11.5 Å². The van der Waals surface area contributed by atoms with E-state index >= 15 is 0 Å². The Bertz CT molecular complexity index is 1110. The monoisotopic (exact) mass is 342 g/mol. The standard InChI is InChI=1S/C20H18N6/c21-10-19-23-12-18(26-19)15-6-3-13(4-7-15)1-2-14-5-8-16-17(9-14)25-20(11-22)24-16/h3-9,12H,10-11,21-22H2,(H,23,26)(H,24,25). The highest BCUT2D eigenvalue weighted by Gasteiger charge is 2.03. The fourth-order valence-corrected chi connectivity index (χ4v) is 2.73. The molecule has 0 aliphatic heterocycles. The summed E-state index contributed by atoms with van der Waals surface area (Å²) in [4.78, 5) is 15.0. The molecule has 0 atom stereocenters. The second-order valence-electron chi connectivity index (χ2n) is 5.89. The van der Waals surface area contributed by atoms with Crippen molar-refractivity contribution in [3.63, 3.8) is 0 Å². The highest BCUT2D eigenvalue weighted by atomic mass is 14.9. The molecule has 0 saturated carbocycles. The lowest BCUT2D eigenvalue weighted by Gasteiger charge is -1.98. The van der Waals surface area contributed by atoms with Crippen molar-refractivity contribution in [3.8, 4) is 23.1 Å². The van der Waals surface area contributed by atoms with E-state index in [-0.39, 0.29) is 0 Å². The third-order valence-electron chi connectivity index (χ3n) is 4.09. The van der Waals surface area contributed by atoms with E-state index in [0.717, 1.165) is 45.1 Å². The van der Waals surface area contributed by atoms with Crippen LogP contribution >= 0.6 is 0 Å². The topological polar surface area (TPSA) is 109 Å². The molecule has 0 saturated heterocycles. The SMILES string of the molecule is NCc1ncc(-c2ccc(C#Cc3ccc4nc(CN)[nH]c4c3)cc2)[nH]1. The van der Waals surface area contributed by atoms with Gasteiger partial charge in [0.1, 0.15) is 11.6 Å². The highest BCUT2D eigenvalue weighted by molar-refractivity contribution is 5.77. The van der Waals surface area contributed by atoms with Crippen LogP contribution in [0.15, 0.2) is 48.7 Å². The van der Waals surface area contributed by atoms with Gasteiger partial charge in [0.15, 0.2) is 0 Å². The Morgan fingerprint density at radius 2 is 1.58 bits per heavy atom. The van der Waals surface area contributed by atoms with Crippen molar-refractivity contribution >= 4 is 11.0 Å². The molecule has 4 aromatic rings. The number of nitrogens with two attached hydrogens (primary N) is 2. The molecule has 6 nitrogen and oxygen atoms in total. The lowest BCUT2D eigenvalue weighted by Crippen LogP contribution is -1.97. The first kappa shape index (κ1) is 16.1. The molecule has 2 aromatic carbocycles. The maximum Gasteiger partial charge on any atom is 0.121 e. The van der Waals surface area contributed by atoms with Gasteiger partial charge in [-0.1, -0.05) is 24.0 Å². The normalized spacial score (nSPS) is 10.7. The average Bonchev–Trinajstić information content (AvgIpc) is 3.33. The number of nitrogens with one attached hydrogen (secondary N) is 2. The minimum atomic E-state index is 0.394. The number of hydrogen-bond acceptors (Lipinski definition) is 4. The predicted octanol–water partition coefficient (Wildman–Crippen LogP) is 2.27. The zero-order valence-electron chi connectivity index (χ0n) is 14.1. The molecule has 0 fully saturated rings. The first-order valence-electron chi connectivity index (χ1n) is 8.30. The third-order valence-corrected chi connectivity index (χ3v) is 4.09. The van der Waals surface area contributed by atoms with Crippen molar-refractivity contribution in [3.05, 3.63) is 71.4 Å². The molecule has 6 heteroatoms. The molecule has 0 aliphatic rings. The summed E-state index contributed by atoms with van der Waals surface area (Å²) in [6, 6.07) is 13.9. The molecule has 0 amide bonds. The molecule has 2 aromatic heterocycles. The van der Waals surface area contributed by atoms with Crippen molar-refractivity contribution in [1.29, 1.82) is 0 Å². The van der Waals surface area contributed by atoms with Crippen LogP contribution in [0.3, 0.4) is 0 Å². The van der Waals surface area contributed by atoms with Crippen LogP contribution < -0.4 is 11.5 Å². The van der Waals surface area contributed by atoms with Gasteiger partial charge in [-0.25, -0.2) is 9.97 Å². The minimum absolute atomic E-state index is 0.394. The summed E-state index contributed by atoms with van der Waals surface area (Å²) in [5.41, 5.74) is 16.9. The van der Waals surface area contributed by atoms with Crippen molar-refractivity contribution in [1.82, 2.24) is 19.9 Å². The number of H-pyrrole nitrogens is 2. The number of nitrogens with zero attached hydrogens (tertiary/aromatic N) is 2. The zero-order chi connectivity index (χ0) is 17.9. The number of aromatic amines is 2. The fourth-order valence-electron chi connectivity index (χ4n) is 2.73. The van der Waals surface area contributed by atoms with E-state index < -0.39 is 0 Å². The second-order valence-corrected chi connectivity index (χ2v) is 5.89. The summed E-state index contributed by atoms with van der Waals surface area (Å²) < 4.78 is 0. The van der Waals surface area contributed by atoms with Gasteiger partial charge in [0.25, 0.3) is 0 Å². The predicted molar refractivity (Wildman–Crippen MR) is 102 cm³/mol. The fraction of sp³-hybridized carbons (Fsp3) is 0.100. The molecule has 0 aliphatic carbocycles. The summed E-state index contributed by atoms with van der Waals surface area (Å²) in [5.74, 6) is 7.92. The quantitative estimate of drug-likeness (QED) is 0.428. The first-order valence-corrected chi connectivity index (χ1v) is 8.30. The molecule has 6 N–H and O–H groups in total. The van der Waals surface area contributed by atoms with Crippen LogP contribution in [0, 0.1) is 11.8 Å². The Morgan fingerprint density at radius 3 is 2.31 bits per heavy atom. The smallest absolute Gasteiger partial charge is 0.121 e. The van der Waals surface area contributed by atoms with Crippen molar-refractivity contribution < 1.29 is 0 Å². The lowest BCUT2D eigenvalue weighted by molar-refractivity contribution is 0.950. The molecule has 26 heavy (non-hydrogen) atoms. The summed E-state index contributed by atoms with van der Waals surface area (Å²) in [5, 5.41) is 0. The van der Waals surface area contributed by atoms with Crippen LogP contribution in [-0.2, 0) is 13.1 Å². The van der Waals surface area contributed by atoms with Gasteiger partial charge in [0.05, 0.1) is 36.0 Å². The van der Waals surface area contributed by atoms with Crippen molar-refractivity contribution in [2.45, 2.75) is 13.1 Å². The molecule has 0 radical (unpaired) electrons. The Kier molecular flexibility index (Phi) is 4.23. The lowest BCUT2D eigenvalue weighted by atomic mass is 10.1. The molecular weight excluding hydrogens is 324 g/mol. The number of imidazole rings is 2. The van der Waals surface area contributed by atoms with Crippen LogP contribution in [0.4, 0.5) is 0 Å². The minimum Gasteiger partial charge on any atom is -0.341 e. The second kappa shape index (κ2) is 6.84.